The van der Waals surface area contributed by atoms with Crippen molar-refractivity contribution >= 4 is 28.6 Å². The van der Waals surface area contributed by atoms with Crippen LogP contribution in [0.15, 0.2) is 35.3 Å². The van der Waals surface area contributed by atoms with Crippen molar-refractivity contribution in [2.45, 2.75) is 26.3 Å². The number of benzene rings is 1. The first-order valence-corrected chi connectivity index (χ1v) is 8.16. The zero-order valence-corrected chi connectivity index (χ0v) is 15.0. The lowest BCUT2D eigenvalue weighted by atomic mass is 9.89. The molecule has 1 aliphatic heterocycles. The van der Waals surface area contributed by atoms with Gasteiger partial charge in [-0.05, 0) is 25.0 Å². The van der Waals surface area contributed by atoms with E-state index in [0.717, 1.165) is 10.9 Å². The topological polar surface area (TPSA) is 71.9 Å². The van der Waals surface area contributed by atoms with Crippen molar-refractivity contribution in [3.63, 3.8) is 0 Å². The molecule has 0 aliphatic carbocycles. The van der Waals surface area contributed by atoms with E-state index in [-0.39, 0.29) is 11.8 Å². The fraction of sp³-hybridized carbons (Fsp3) is 0.368. The van der Waals surface area contributed by atoms with Crippen LogP contribution in [0.25, 0.3) is 10.9 Å². The Balaban J connectivity index is 2.27. The molecule has 2 aromatic rings. The highest BCUT2D eigenvalue weighted by Gasteiger charge is 2.46. The lowest BCUT2D eigenvalue weighted by Gasteiger charge is -2.23. The van der Waals surface area contributed by atoms with E-state index in [0.29, 0.717) is 17.1 Å². The average Bonchev–Trinajstić information content (AvgIpc) is 2.85. The van der Waals surface area contributed by atoms with Gasteiger partial charge < -0.3 is 4.74 Å². The van der Waals surface area contributed by atoms with Crippen LogP contribution in [0.5, 0.6) is 0 Å². The standard InChI is InChI=1S/C19H21N3O3/c1-11(2)19(3)18(24)22(4)16(21-19)15-13(17(23)25-5)10-12-8-6-7-9-14(12)20-15/h6-11H,1-5H3. The zero-order chi connectivity index (χ0) is 18.4. The highest BCUT2D eigenvalue weighted by atomic mass is 16.5. The van der Waals surface area contributed by atoms with E-state index in [9.17, 15) is 9.59 Å². The van der Waals surface area contributed by atoms with Crippen LogP contribution in [0.1, 0.15) is 36.8 Å². The number of amides is 1. The monoisotopic (exact) mass is 339 g/mol. The van der Waals surface area contributed by atoms with Crippen LogP contribution in [0.2, 0.25) is 0 Å². The summed E-state index contributed by atoms with van der Waals surface area (Å²) in [7, 11) is 2.98. The molecule has 0 fully saturated rings. The first kappa shape index (κ1) is 17.1. The zero-order valence-electron chi connectivity index (χ0n) is 15.0. The lowest BCUT2D eigenvalue weighted by Crippen LogP contribution is -2.42. The number of carbonyl (C=O) groups excluding carboxylic acids is 2. The van der Waals surface area contributed by atoms with Gasteiger partial charge in [0, 0.05) is 12.4 Å². The Bertz CT molecular complexity index is 904. The van der Waals surface area contributed by atoms with E-state index < -0.39 is 11.5 Å². The fourth-order valence-electron chi connectivity index (χ4n) is 2.92. The number of carbonyl (C=O) groups is 2. The number of pyridine rings is 1. The fourth-order valence-corrected chi connectivity index (χ4v) is 2.92. The summed E-state index contributed by atoms with van der Waals surface area (Å²) >= 11 is 0. The van der Waals surface area contributed by atoms with Crippen LogP contribution in [0, 0.1) is 5.92 Å². The summed E-state index contributed by atoms with van der Waals surface area (Å²) in [5.74, 6) is -0.201. The van der Waals surface area contributed by atoms with E-state index in [4.69, 9.17) is 4.74 Å². The normalized spacial score (nSPS) is 20.3. The smallest absolute Gasteiger partial charge is 0.340 e. The third kappa shape index (κ3) is 2.58. The highest BCUT2D eigenvalue weighted by Crippen LogP contribution is 2.32. The molecule has 0 saturated heterocycles. The van der Waals surface area contributed by atoms with Gasteiger partial charge in [0.15, 0.2) is 5.84 Å². The number of aromatic nitrogens is 1. The molecule has 130 valence electrons. The SMILES string of the molecule is COC(=O)c1cc2ccccc2nc1C1=NC(C)(C(C)C)C(=O)N1C. The third-order valence-corrected chi connectivity index (χ3v) is 4.86. The first-order chi connectivity index (χ1) is 11.8. The number of ether oxygens (including phenoxy) is 1. The molecule has 2 heterocycles. The molecule has 0 spiro atoms. The van der Waals surface area contributed by atoms with Gasteiger partial charge in [-0.3, -0.25) is 9.69 Å². The minimum Gasteiger partial charge on any atom is -0.465 e. The molecule has 0 N–H and O–H groups in total. The molecule has 3 rings (SSSR count). The van der Waals surface area contributed by atoms with Crippen LogP contribution in [0.3, 0.4) is 0 Å². The van der Waals surface area contributed by atoms with Crippen molar-refractivity contribution in [2.24, 2.45) is 10.9 Å². The molecule has 0 saturated carbocycles. The van der Waals surface area contributed by atoms with Gasteiger partial charge in [0.1, 0.15) is 11.2 Å². The quantitative estimate of drug-likeness (QED) is 0.806. The van der Waals surface area contributed by atoms with Crippen molar-refractivity contribution in [1.29, 1.82) is 0 Å². The molecule has 1 unspecified atom stereocenters. The van der Waals surface area contributed by atoms with Crippen molar-refractivity contribution < 1.29 is 14.3 Å². The maximum absolute atomic E-state index is 12.7. The average molecular weight is 339 g/mol. The number of nitrogens with zero attached hydrogens (tertiary/aromatic N) is 3. The lowest BCUT2D eigenvalue weighted by molar-refractivity contribution is -0.131. The maximum Gasteiger partial charge on any atom is 0.340 e. The second-order valence-electron chi connectivity index (χ2n) is 6.67. The van der Waals surface area contributed by atoms with Gasteiger partial charge in [-0.15, -0.1) is 0 Å². The summed E-state index contributed by atoms with van der Waals surface area (Å²) in [6, 6.07) is 9.22. The third-order valence-electron chi connectivity index (χ3n) is 4.86. The molecule has 25 heavy (non-hydrogen) atoms. The Morgan fingerprint density at radius 3 is 2.56 bits per heavy atom. The Morgan fingerprint density at radius 1 is 1.28 bits per heavy atom. The van der Waals surface area contributed by atoms with Crippen LogP contribution >= 0.6 is 0 Å². The number of aliphatic imine (C=N–C) groups is 1. The Kier molecular flexibility index (Phi) is 4.06. The van der Waals surface area contributed by atoms with Gasteiger partial charge >= 0.3 is 5.97 Å². The maximum atomic E-state index is 12.7. The number of para-hydroxylation sites is 1. The summed E-state index contributed by atoms with van der Waals surface area (Å²) in [4.78, 5) is 35.8. The van der Waals surface area contributed by atoms with E-state index in [1.54, 1.807) is 13.1 Å². The van der Waals surface area contributed by atoms with Crippen LogP contribution in [-0.4, -0.2) is 47.3 Å². The molecule has 1 aromatic carbocycles. The summed E-state index contributed by atoms with van der Waals surface area (Å²) in [6.45, 7) is 5.71. The number of fused-ring (bicyclic) bond motifs is 1. The molecule has 6 heteroatoms. The number of methoxy groups -OCH3 is 1. The summed E-state index contributed by atoms with van der Waals surface area (Å²) in [5.41, 5.74) is 0.523. The van der Waals surface area contributed by atoms with E-state index >= 15 is 0 Å². The van der Waals surface area contributed by atoms with Gasteiger partial charge in [0.25, 0.3) is 5.91 Å². The molecular formula is C19H21N3O3. The van der Waals surface area contributed by atoms with Crippen LogP contribution in [0.4, 0.5) is 0 Å². The summed E-state index contributed by atoms with van der Waals surface area (Å²) < 4.78 is 4.91. The Morgan fingerprint density at radius 2 is 1.96 bits per heavy atom. The van der Waals surface area contributed by atoms with Crippen molar-refractivity contribution in [2.75, 3.05) is 14.2 Å². The van der Waals surface area contributed by atoms with Gasteiger partial charge in [-0.2, -0.15) is 0 Å². The number of rotatable bonds is 3. The molecule has 0 bridgehead atoms. The minimum atomic E-state index is -0.870. The summed E-state index contributed by atoms with van der Waals surface area (Å²) in [5, 5.41) is 0.825. The Labute approximate surface area is 146 Å². The predicted molar refractivity (Wildman–Crippen MR) is 95.6 cm³/mol. The molecule has 1 aliphatic rings. The molecular weight excluding hydrogens is 318 g/mol. The second kappa shape index (κ2) is 5.95. The van der Waals surface area contributed by atoms with Gasteiger partial charge in [0.05, 0.1) is 18.2 Å². The van der Waals surface area contributed by atoms with Gasteiger partial charge in [0.2, 0.25) is 0 Å². The molecule has 6 nitrogen and oxygen atoms in total. The molecule has 1 amide bonds. The van der Waals surface area contributed by atoms with Crippen molar-refractivity contribution in [3.05, 3.63) is 41.6 Å². The van der Waals surface area contributed by atoms with Crippen molar-refractivity contribution in [3.8, 4) is 0 Å². The van der Waals surface area contributed by atoms with Crippen LogP contribution < -0.4 is 0 Å². The van der Waals surface area contributed by atoms with E-state index in [1.165, 1.54) is 12.0 Å². The number of likely N-dealkylation sites (N-methyl/N-ethyl adjacent to an activating group) is 1. The largest absolute Gasteiger partial charge is 0.465 e. The van der Waals surface area contributed by atoms with Crippen LogP contribution in [-0.2, 0) is 9.53 Å². The van der Waals surface area contributed by atoms with Crippen molar-refractivity contribution in [1.82, 2.24) is 9.88 Å². The number of esters is 1. The number of hydrogen-bond donors (Lipinski definition) is 0. The van der Waals surface area contributed by atoms with Gasteiger partial charge in [-0.25, -0.2) is 14.8 Å². The van der Waals surface area contributed by atoms with Gasteiger partial charge in [-0.1, -0.05) is 32.0 Å². The number of hydrogen-bond acceptors (Lipinski definition) is 5. The first-order valence-electron chi connectivity index (χ1n) is 8.16. The van der Waals surface area contributed by atoms with E-state index in [2.05, 4.69) is 9.98 Å². The summed E-state index contributed by atoms with van der Waals surface area (Å²) in [6.07, 6.45) is 0. The molecule has 0 radical (unpaired) electrons. The molecule has 1 aromatic heterocycles. The Hall–Kier alpha value is -2.76. The minimum absolute atomic E-state index is 0.0157. The molecule has 1 atom stereocenters. The predicted octanol–water partition coefficient (Wildman–Crippen LogP) is 2.65. The number of amidine groups is 1. The second-order valence-corrected chi connectivity index (χ2v) is 6.67. The van der Waals surface area contributed by atoms with E-state index in [1.807, 2.05) is 45.0 Å². The highest BCUT2D eigenvalue weighted by molar-refractivity contribution is 6.18.